The van der Waals surface area contributed by atoms with Crippen LogP contribution < -0.4 is 0 Å². The molecule has 1 fully saturated rings. The van der Waals surface area contributed by atoms with Crippen LogP contribution in [0.1, 0.15) is 25.8 Å². The highest BCUT2D eigenvalue weighted by Crippen LogP contribution is 2.26. The Bertz CT molecular complexity index is 534. The summed E-state index contributed by atoms with van der Waals surface area (Å²) in [5.74, 6) is 0.834. The van der Waals surface area contributed by atoms with Crippen LogP contribution in [0.25, 0.3) is 0 Å². The monoisotopic (exact) mass is 301 g/mol. The Morgan fingerprint density at radius 3 is 2.37 bits per heavy atom. The van der Waals surface area contributed by atoms with Gasteiger partial charge in [0.15, 0.2) is 0 Å². The zero-order valence-corrected chi connectivity index (χ0v) is 12.9. The first-order chi connectivity index (χ1) is 8.88. The summed E-state index contributed by atoms with van der Waals surface area (Å²) in [5, 5.41) is 0.518. The molecule has 0 aromatic heterocycles. The molecule has 0 radical (unpaired) electrons. The fourth-order valence-corrected chi connectivity index (χ4v) is 4.81. The summed E-state index contributed by atoms with van der Waals surface area (Å²) in [7, 11) is -3.28. The molecular formula is C14H20ClNO2S. The quantitative estimate of drug-likeness (QED) is 0.860. The highest BCUT2D eigenvalue weighted by molar-refractivity contribution is 7.88. The van der Waals surface area contributed by atoms with E-state index >= 15 is 0 Å². The Balaban J connectivity index is 2.16. The van der Waals surface area contributed by atoms with E-state index in [9.17, 15) is 8.42 Å². The summed E-state index contributed by atoms with van der Waals surface area (Å²) in [4.78, 5) is 0. The van der Waals surface area contributed by atoms with E-state index in [2.05, 4.69) is 13.8 Å². The topological polar surface area (TPSA) is 37.4 Å². The van der Waals surface area contributed by atoms with Gasteiger partial charge in [-0.05, 0) is 29.9 Å². The molecule has 1 heterocycles. The predicted molar refractivity (Wildman–Crippen MR) is 78.6 cm³/mol. The molecule has 1 aliphatic heterocycles. The molecule has 1 aromatic rings. The SMILES string of the molecule is CC1CC(C)CN(S(=O)(=O)Cc2ccccc2Cl)C1. The molecule has 106 valence electrons. The summed E-state index contributed by atoms with van der Waals surface area (Å²) in [6, 6.07) is 7.13. The van der Waals surface area contributed by atoms with Gasteiger partial charge in [0.2, 0.25) is 10.0 Å². The molecule has 0 aliphatic carbocycles. The van der Waals surface area contributed by atoms with Crippen LogP contribution in [-0.4, -0.2) is 25.8 Å². The van der Waals surface area contributed by atoms with Gasteiger partial charge in [0.05, 0.1) is 5.75 Å². The largest absolute Gasteiger partial charge is 0.218 e. The van der Waals surface area contributed by atoms with Crippen LogP contribution in [0.5, 0.6) is 0 Å². The minimum atomic E-state index is -3.28. The van der Waals surface area contributed by atoms with E-state index in [1.807, 2.05) is 12.1 Å². The van der Waals surface area contributed by atoms with E-state index in [-0.39, 0.29) is 5.75 Å². The Labute approximate surface area is 120 Å². The van der Waals surface area contributed by atoms with Crippen molar-refractivity contribution >= 4 is 21.6 Å². The van der Waals surface area contributed by atoms with Crippen molar-refractivity contribution in [2.75, 3.05) is 13.1 Å². The van der Waals surface area contributed by atoms with Crippen molar-refractivity contribution in [2.24, 2.45) is 11.8 Å². The minimum absolute atomic E-state index is 0.00782. The van der Waals surface area contributed by atoms with Gasteiger partial charge in [0, 0.05) is 18.1 Å². The molecule has 0 saturated carbocycles. The fourth-order valence-electron chi connectivity index (χ4n) is 2.74. The molecule has 2 unspecified atom stereocenters. The first-order valence-corrected chi connectivity index (χ1v) is 8.58. The average Bonchev–Trinajstić information content (AvgIpc) is 2.31. The second-order valence-electron chi connectivity index (χ2n) is 5.61. The number of rotatable bonds is 3. The van der Waals surface area contributed by atoms with Crippen LogP contribution in [0.3, 0.4) is 0 Å². The number of nitrogens with zero attached hydrogens (tertiary/aromatic N) is 1. The lowest BCUT2D eigenvalue weighted by atomic mass is 9.94. The van der Waals surface area contributed by atoms with E-state index in [0.29, 0.717) is 35.5 Å². The Morgan fingerprint density at radius 1 is 1.21 bits per heavy atom. The van der Waals surface area contributed by atoms with Crippen molar-refractivity contribution in [3.05, 3.63) is 34.9 Å². The Morgan fingerprint density at radius 2 is 1.79 bits per heavy atom. The molecule has 1 aliphatic rings. The van der Waals surface area contributed by atoms with Gasteiger partial charge >= 0.3 is 0 Å². The number of piperidine rings is 1. The number of sulfonamides is 1. The van der Waals surface area contributed by atoms with Crippen molar-refractivity contribution in [2.45, 2.75) is 26.0 Å². The molecule has 19 heavy (non-hydrogen) atoms. The van der Waals surface area contributed by atoms with Crippen molar-refractivity contribution in [3.8, 4) is 0 Å². The molecule has 2 atom stereocenters. The maximum Gasteiger partial charge on any atom is 0.218 e. The summed E-state index contributed by atoms with van der Waals surface area (Å²) < 4.78 is 26.6. The maximum absolute atomic E-state index is 12.5. The van der Waals surface area contributed by atoms with Gasteiger partial charge in [-0.15, -0.1) is 0 Å². The average molecular weight is 302 g/mol. The lowest BCUT2D eigenvalue weighted by Gasteiger charge is -2.34. The van der Waals surface area contributed by atoms with Crippen LogP contribution in [0.2, 0.25) is 5.02 Å². The van der Waals surface area contributed by atoms with Crippen molar-refractivity contribution in [1.29, 1.82) is 0 Å². The molecule has 0 spiro atoms. The summed E-state index contributed by atoms with van der Waals surface area (Å²) in [6.07, 6.45) is 1.10. The first kappa shape index (κ1) is 14.8. The molecule has 0 bridgehead atoms. The van der Waals surface area contributed by atoms with Crippen LogP contribution in [-0.2, 0) is 15.8 Å². The van der Waals surface area contributed by atoms with Crippen molar-refractivity contribution < 1.29 is 8.42 Å². The zero-order valence-electron chi connectivity index (χ0n) is 11.3. The fraction of sp³-hybridized carbons (Fsp3) is 0.571. The summed E-state index contributed by atoms with van der Waals surface area (Å²) >= 11 is 6.04. The molecule has 5 heteroatoms. The van der Waals surface area contributed by atoms with Crippen LogP contribution in [0.15, 0.2) is 24.3 Å². The van der Waals surface area contributed by atoms with Crippen molar-refractivity contribution in [1.82, 2.24) is 4.31 Å². The summed E-state index contributed by atoms with van der Waals surface area (Å²) in [6.45, 7) is 5.45. The third kappa shape index (κ3) is 3.71. The number of hydrogen-bond acceptors (Lipinski definition) is 2. The minimum Gasteiger partial charge on any atom is -0.212 e. The van der Waals surface area contributed by atoms with Gasteiger partial charge in [-0.25, -0.2) is 12.7 Å². The normalized spacial score (nSPS) is 25.4. The van der Waals surface area contributed by atoms with E-state index in [0.717, 1.165) is 6.42 Å². The molecule has 1 aromatic carbocycles. The highest BCUT2D eigenvalue weighted by atomic mass is 35.5. The Kier molecular flexibility index (Phi) is 4.54. The van der Waals surface area contributed by atoms with Gasteiger partial charge in [-0.2, -0.15) is 0 Å². The number of benzene rings is 1. The van der Waals surface area contributed by atoms with Gasteiger partial charge in [-0.3, -0.25) is 0 Å². The van der Waals surface area contributed by atoms with Gasteiger partial charge < -0.3 is 0 Å². The predicted octanol–water partition coefficient (Wildman–Crippen LogP) is 3.15. The van der Waals surface area contributed by atoms with Crippen molar-refractivity contribution in [3.63, 3.8) is 0 Å². The van der Waals surface area contributed by atoms with E-state index in [4.69, 9.17) is 11.6 Å². The zero-order chi connectivity index (χ0) is 14.0. The number of halogens is 1. The molecule has 2 rings (SSSR count). The molecule has 0 N–H and O–H groups in total. The first-order valence-electron chi connectivity index (χ1n) is 6.59. The Hall–Kier alpha value is -0.580. The standard InChI is InChI=1S/C14H20ClNO2S/c1-11-7-12(2)9-16(8-11)19(17,18)10-13-5-3-4-6-14(13)15/h3-6,11-12H,7-10H2,1-2H3. The smallest absolute Gasteiger partial charge is 0.212 e. The van der Waals surface area contributed by atoms with E-state index in [1.54, 1.807) is 16.4 Å². The van der Waals surface area contributed by atoms with E-state index < -0.39 is 10.0 Å². The third-order valence-electron chi connectivity index (χ3n) is 3.52. The molecule has 0 amide bonds. The van der Waals surface area contributed by atoms with Gasteiger partial charge in [0.1, 0.15) is 0 Å². The highest BCUT2D eigenvalue weighted by Gasteiger charge is 2.30. The van der Waals surface area contributed by atoms with Crippen LogP contribution in [0, 0.1) is 11.8 Å². The second kappa shape index (κ2) is 5.81. The number of hydrogen-bond donors (Lipinski definition) is 0. The molecule has 1 saturated heterocycles. The van der Waals surface area contributed by atoms with E-state index in [1.165, 1.54) is 0 Å². The lowest BCUT2D eigenvalue weighted by molar-refractivity contribution is 0.222. The molecule has 3 nitrogen and oxygen atoms in total. The van der Waals surface area contributed by atoms with Gasteiger partial charge in [0.25, 0.3) is 0 Å². The second-order valence-corrected chi connectivity index (χ2v) is 7.99. The van der Waals surface area contributed by atoms with Gasteiger partial charge in [-0.1, -0.05) is 43.6 Å². The van der Waals surface area contributed by atoms with Crippen LogP contribution >= 0.6 is 11.6 Å². The molecular weight excluding hydrogens is 282 g/mol. The summed E-state index contributed by atoms with van der Waals surface area (Å²) in [5.41, 5.74) is 0.676. The lowest BCUT2D eigenvalue weighted by Crippen LogP contribution is -2.43. The maximum atomic E-state index is 12.5. The van der Waals surface area contributed by atoms with Crippen LogP contribution in [0.4, 0.5) is 0 Å². The third-order valence-corrected chi connectivity index (χ3v) is 5.65.